The Bertz CT molecular complexity index is 399. The third kappa shape index (κ3) is 7.11. The number of rotatable bonds is 10. The minimum Gasteiger partial charge on any atom is -0.356 e. The van der Waals surface area contributed by atoms with Gasteiger partial charge in [0.15, 0.2) is 5.96 Å². The number of hydrogen-bond acceptors (Lipinski definition) is 3. The van der Waals surface area contributed by atoms with Crippen LogP contribution in [0.2, 0.25) is 0 Å². The van der Waals surface area contributed by atoms with E-state index in [4.69, 9.17) is 0 Å². The Hall–Kier alpha value is -1.59. The normalized spacial score (nSPS) is 11.7. The average Bonchev–Trinajstić information content (AvgIpc) is 2.95. The fourth-order valence-corrected chi connectivity index (χ4v) is 2.01. The van der Waals surface area contributed by atoms with Crippen molar-refractivity contribution in [3.63, 3.8) is 0 Å². The van der Waals surface area contributed by atoms with Crippen molar-refractivity contribution in [2.24, 2.45) is 4.99 Å². The average molecular weight is 294 g/mol. The highest BCUT2D eigenvalue weighted by atomic mass is 15.3. The second-order valence-corrected chi connectivity index (χ2v) is 5.09. The Balaban J connectivity index is 2.34. The van der Waals surface area contributed by atoms with Crippen LogP contribution in [0.3, 0.4) is 0 Å². The first-order valence-electron chi connectivity index (χ1n) is 8.20. The minimum absolute atomic E-state index is 0.828. The lowest BCUT2D eigenvalue weighted by Gasteiger charge is -2.13. The summed E-state index contributed by atoms with van der Waals surface area (Å²) in [6.07, 6.45) is 7.45. The van der Waals surface area contributed by atoms with Crippen molar-refractivity contribution >= 4 is 5.96 Å². The van der Waals surface area contributed by atoms with E-state index in [1.807, 2.05) is 0 Å². The summed E-state index contributed by atoms with van der Waals surface area (Å²) < 4.78 is 2.08. The van der Waals surface area contributed by atoms with Crippen molar-refractivity contribution in [3.8, 4) is 0 Å². The second-order valence-electron chi connectivity index (χ2n) is 5.09. The molecule has 0 bridgehead atoms. The molecule has 0 amide bonds. The molecule has 2 N–H and O–H groups in total. The summed E-state index contributed by atoms with van der Waals surface area (Å²) in [5, 5.41) is 14.8. The molecule has 1 heterocycles. The summed E-state index contributed by atoms with van der Waals surface area (Å²) in [5.41, 5.74) is 0. The van der Waals surface area contributed by atoms with Crippen LogP contribution in [0, 0.1) is 0 Å². The first-order valence-corrected chi connectivity index (χ1v) is 8.20. The number of nitrogens with one attached hydrogen (secondary N) is 2. The van der Waals surface area contributed by atoms with E-state index in [2.05, 4.69) is 51.2 Å². The molecule has 0 aromatic carbocycles. The molecule has 6 nitrogen and oxygen atoms in total. The molecule has 0 fully saturated rings. The molecule has 1 rings (SSSR count). The topological polar surface area (TPSA) is 67.1 Å². The van der Waals surface area contributed by atoms with E-state index >= 15 is 0 Å². The van der Waals surface area contributed by atoms with Gasteiger partial charge in [-0.05, 0) is 12.8 Å². The van der Waals surface area contributed by atoms with Crippen molar-refractivity contribution in [3.05, 3.63) is 12.2 Å². The Labute approximate surface area is 128 Å². The van der Waals surface area contributed by atoms with E-state index < -0.39 is 0 Å². The van der Waals surface area contributed by atoms with E-state index in [1.54, 1.807) is 6.33 Å². The van der Waals surface area contributed by atoms with Gasteiger partial charge >= 0.3 is 0 Å². The van der Waals surface area contributed by atoms with Crippen LogP contribution in [-0.4, -0.2) is 40.4 Å². The Morgan fingerprint density at radius 2 is 1.95 bits per heavy atom. The minimum atomic E-state index is 0.828. The molecule has 6 heteroatoms. The van der Waals surface area contributed by atoms with Crippen LogP contribution >= 0.6 is 0 Å². The SMILES string of the molecule is CCCCCNC(=NCCC)NCCn1cnnc1CC. The second kappa shape index (κ2) is 11.1. The van der Waals surface area contributed by atoms with E-state index in [-0.39, 0.29) is 0 Å². The number of hydrogen-bond donors (Lipinski definition) is 2. The van der Waals surface area contributed by atoms with Crippen LogP contribution in [0.25, 0.3) is 0 Å². The quantitative estimate of drug-likeness (QED) is 0.393. The van der Waals surface area contributed by atoms with Crippen LogP contribution in [0.15, 0.2) is 11.3 Å². The zero-order valence-electron chi connectivity index (χ0n) is 13.7. The van der Waals surface area contributed by atoms with Crippen molar-refractivity contribution in [1.29, 1.82) is 0 Å². The molecule has 0 atom stereocenters. The Morgan fingerprint density at radius 1 is 1.14 bits per heavy atom. The lowest BCUT2D eigenvalue weighted by atomic mass is 10.2. The van der Waals surface area contributed by atoms with Crippen molar-refractivity contribution in [1.82, 2.24) is 25.4 Å². The molecule has 0 spiro atoms. The van der Waals surface area contributed by atoms with E-state index in [0.29, 0.717) is 0 Å². The first kappa shape index (κ1) is 17.5. The van der Waals surface area contributed by atoms with Gasteiger partial charge in [-0.3, -0.25) is 4.99 Å². The summed E-state index contributed by atoms with van der Waals surface area (Å²) in [7, 11) is 0. The van der Waals surface area contributed by atoms with Gasteiger partial charge in [0, 0.05) is 32.6 Å². The number of nitrogens with zero attached hydrogens (tertiary/aromatic N) is 4. The molecule has 0 aliphatic rings. The van der Waals surface area contributed by atoms with E-state index in [1.165, 1.54) is 19.3 Å². The summed E-state index contributed by atoms with van der Waals surface area (Å²) >= 11 is 0. The van der Waals surface area contributed by atoms with Gasteiger partial charge in [-0.1, -0.05) is 33.6 Å². The van der Waals surface area contributed by atoms with Gasteiger partial charge in [-0.2, -0.15) is 0 Å². The van der Waals surface area contributed by atoms with Gasteiger partial charge in [-0.15, -0.1) is 10.2 Å². The zero-order valence-corrected chi connectivity index (χ0v) is 13.7. The lowest BCUT2D eigenvalue weighted by Crippen LogP contribution is -2.39. The van der Waals surface area contributed by atoms with Gasteiger partial charge in [-0.25, -0.2) is 0 Å². The standard InChI is InChI=1S/C15H30N6/c1-4-7-8-10-17-15(16-9-5-2)18-11-12-21-13-19-20-14(21)6-3/h13H,4-12H2,1-3H3,(H2,16,17,18). The van der Waals surface area contributed by atoms with Crippen LogP contribution in [0.4, 0.5) is 0 Å². The molecule has 0 unspecified atom stereocenters. The van der Waals surface area contributed by atoms with Crippen molar-refractivity contribution in [2.45, 2.75) is 59.4 Å². The molecular formula is C15H30N6. The third-order valence-corrected chi connectivity index (χ3v) is 3.22. The highest BCUT2D eigenvalue weighted by molar-refractivity contribution is 5.79. The summed E-state index contributed by atoms with van der Waals surface area (Å²) in [6.45, 7) is 9.98. The fraction of sp³-hybridized carbons (Fsp3) is 0.800. The number of aliphatic imine (C=N–C) groups is 1. The van der Waals surface area contributed by atoms with Gasteiger partial charge in [0.1, 0.15) is 12.2 Å². The molecule has 0 saturated heterocycles. The molecule has 0 radical (unpaired) electrons. The summed E-state index contributed by atoms with van der Waals surface area (Å²) in [4.78, 5) is 4.56. The van der Waals surface area contributed by atoms with Crippen molar-refractivity contribution < 1.29 is 0 Å². The summed E-state index contributed by atoms with van der Waals surface area (Å²) in [6, 6.07) is 0. The molecule has 0 aliphatic heterocycles. The fourth-order valence-electron chi connectivity index (χ4n) is 2.01. The smallest absolute Gasteiger partial charge is 0.191 e. The van der Waals surface area contributed by atoms with Crippen LogP contribution in [0.5, 0.6) is 0 Å². The zero-order chi connectivity index (χ0) is 15.3. The predicted molar refractivity (Wildman–Crippen MR) is 87.5 cm³/mol. The number of guanidine groups is 1. The molecule has 0 saturated carbocycles. The van der Waals surface area contributed by atoms with Gasteiger partial charge in [0.05, 0.1) is 0 Å². The van der Waals surface area contributed by atoms with E-state index in [9.17, 15) is 0 Å². The third-order valence-electron chi connectivity index (χ3n) is 3.22. The Morgan fingerprint density at radius 3 is 2.67 bits per heavy atom. The van der Waals surface area contributed by atoms with E-state index in [0.717, 1.165) is 50.8 Å². The van der Waals surface area contributed by atoms with Crippen LogP contribution < -0.4 is 10.6 Å². The van der Waals surface area contributed by atoms with Gasteiger partial charge < -0.3 is 15.2 Å². The predicted octanol–water partition coefficient (Wildman–Crippen LogP) is 1.98. The highest BCUT2D eigenvalue weighted by Gasteiger charge is 2.02. The van der Waals surface area contributed by atoms with Crippen LogP contribution in [-0.2, 0) is 13.0 Å². The molecule has 120 valence electrons. The maximum absolute atomic E-state index is 4.56. The number of unbranched alkanes of at least 4 members (excludes halogenated alkanes) is 2. The van der Waals surface area contributed by atoms with Gasteiger partial charge in [0.25, 0.3) is 0 Å². The molecule has 1 aromatic heterocycles. The largest absolute Gasteiger partial charge is 0.356 e. The number of aromatic nitrogens is 3. The van der Waals surface area contributed by atoms with Crippen LogP contribution in [0.1, 0.15) is 52.3 Å². The molecule has 0 aliphatic carbocycles. The highest BCUT2D eigenvalue weighted by Crippen LogP contribution is 1.95. The first-order chi connectivity index (χ1) is 10.3. The number of aryl methyl sites for hydroxylation is 1. The molecule has 1 aromatic rings. The molecular weight excluding hydrogens is 264 g/mol. The monoisotopic (exact) mass is 294 g/mol. The maximum Gasteiger partial charge on any atom is 0.191 e. The Kier molecular flexibility index (Phi) is 9.24. The van der Waals surface area contributed by atoms with Crippen molar-refractivity contribution in [2.75, 3.05) is 19.6 Å². The maximum atomic E-state index is 4.56. The summed E-state index contributed by atoms with van der Waals surface area (Å²) in [5.74, 6) is 1.94. The van der Waals surface area contributed by atoms with Gasteiger partial charge in [0.2, 0.25) is 0 Å². The lowest BCUT2D eigenvalue weighted by molar-refractivity contribution is 0.625. The molecule has 21 heavy (non-hydrogen) atoms.